The van der Waals surface area contributed by atoms with E-state index in [-0.39, 0.29) is 23.3 Å². The predicted octanol–water partition coefficient (Wildman–Crippen LogP) is 2.36. The number of halogens is 1. The van der Waals surface area contributed by atoms with Crippen LogP contribution >= 0.6 is 0 Å². The number of aryl methyl sites for hydroxylation is 1. The van der Waals surface area contributed by atoms with Gasteiger partial charge in [-0.15, -0.1) is 0 Å². The molecule has 2 aromatic heterocycles. The molecule has 154 valence electrons. The van der Waals surface area contributed by atoms with Crippen LogP contribution in [0.5, 0.6) is 0 Å². The predicted molar refractivity (Wildman–Crippen MR) is 111 cm³/mol. The fraction of sp³-hybridized carbons (Fsp3) is 0.350. The minimum absolute atomic E-state index is 0.110. The first-order valence-corrected chi connectivity index (χ1v) is 9.55. The largest absolute Gasteiger partial charge is 0.366 e. The summed E-state index contributed by atoms with van der Waals surface area (Å²) in [5.74, 6) is -0.589. The van der Waals surface area contributed by atoms with E-state index in [1.165, 1.54) is 12.4 Å². The highest BCUT2D eigenvalue weighted by Crippen LogP contribution is 2.30. The van der Waals surface area contributed by atoms with Gasteiger partial charge in [0.15, 0.2) is 5.82 Å². The molecule has 29 heavy (non-hydrogen) atoms. The molecule has 3 aromatic rings. The molecule has 5 N–H and O–H groups in total. The van der Waals surface area contributed by atoms with E-state index in [4.69, 9.17) is 11.5 Å². The molecule has 1 aromatic carbocycles. The Morgan fingerprint density at radius 1 is 1.24 bits per heavy atom. The van der Waals surface area contributed by atoms with Crippen LogP contribution in [0.2, 0.25) is 0 Å². The maximum Gasteiger partial charge on any atom is 0.250 e. The third-order valence-corrected chi connectivity index (χ3v) is 5.07. The van der Waals surface area contributed by atoms with Crippen LogP contribution in [-0.2, 0) is 7.05 Å². The SMILES string of the molecule is CC[C@H](N)[C@@H](CC)NN(c1ccc(C(N)=O)cn1)c1ccc2c(cnn2C)c1F. The lowest BCUT2D eigenvalue weighted by Crippen LogP contribution is -2.51. The van der Waals surface area contributed by atoms with Crippen molar-refractivity contribution in [3.8, 4) is 0 Å². The van der Waals surface area contributed by atoms with Crippen molar-refractivity contribution in [1.82, 2.24) is 20.2 Å². The molecule has 0 saturated carbocycles. The second-order valence-corrected chi connectivity index (χ2v) is 6.92. The number of benzene rings is 1. The van der Waals surface area contributed by atoms with Gasteiger partial charge < -0.3 is 11.5 Å². The summed E-state index contributed by atoms with van der Waals surface area (Å²) < 4.78 is 17.0. The summed E-state index contributed by atoms with van der Waals surface area (Å²) in [6.45, 7) is 4.01. The van der Waals surface area contributed by atoms with Gasteiger partial charge in [-0.05, 0) is 37.1 Å². The number of rotatable bonds is 8. The van der Waals surface area contributed by atoms with Crippen molar-refractivity contribution in [2.24, 2.45) is 18.5 Å². The Labute approximate surface area is 168 Å². The molecule has 1 amide bonds. The summed E-state index contributed by atoms with van der Waals surface area (Å²) >= 11 is 0. The van der Waals surface area contributed by atoms with Gasteiger partial charge >= 0.3 is 0 Å². The number of aromatic nitrogens is 3. The van der Waals surface area contributed by atoms with E-state index >= 15 is 4.39 Å². The number of hydrogen-bond donors (Lipinski definition) is 3. The Morgan fingerprint density at radius 3 is 2.59 bits per heavy atom. The highest BCUT2D eigenvalue weighted by atomic mass is 19.1. The van der Waals surface area contributed by atoms with Crippen molar-refractivity contribution in [3.63, 3.8) is 0 Å². The molecule has 0 unspecified atom stereocenters. The minimum Gasteiger partial charge on any atom is -0.366 e. The van der Waals surface area contributed by atoms with Gasteiger partial charge in [-0.3, -0.25) is 14.5 Å². The second-order valence-electron chi connectivity index (χ2n) is 6.92. The zero-order chi connectivity index (χ0) is 21.1. The smallest absolute Gasteiger partial charge is 0.250 e. The molecule has 3 rings (SSSR count). The van der Waals surface area contributed by atoms with Crippen molar-refractivity contribution >= 4 is 28.3 Å². The quantitative estimate of drug-likeness (QED) is 0.501. The number of amides is 1. The third-order valence-electron chi connectivity index (χ3n) is 5.07. The van der Waals surface area contributed by atoms with E-state index < -0.39 is 11.7 Å². The van der Waals surface area contributed by atoms with Crippen LogP contribution < -0.4 is 21.9 Å². The Balaban J connectivity index is 2.09. The number of primary amides is 1. The van der Waals surface area contributed by atoms with Crippen molar-refractivity contribution in [1.29, 1.82) is 0 Å². The first-order chi connectivity index (χ1) is 13.9. The Morgan fingerprint density at radius 2 is 2.00 bits per heavy atom. The average Bonchev–Trinajstić information content (AvgIpc) is 3.11. The lowest BCUT2D eigenvalue weighted by atomic mass is 10.1. The highest BCUT2D eigenvalue weighted by Gasteiger charge is 2.23. The van der Waals surface area contributed by atoms with E-state index in [1.54, 1.807) is 41.0 Å². The average molecular weight is 399 g/mol. The van der Waals surface area contributed by atoms with Gasteiger partial charge in [-0.1, -0.05) is 13.8 Å². The van der Waals surface area contributed by atoms with Gasteiger partial charge in [0.1, 0.15) is 5.82 Å². The van der Waals surface area contributed by atoms with Crippen molar-refractivity contribution in [2.45, 2.75) is 38.8 Å². The number of nitrogens with zero attached hydrogens (tertiary/aromatic N) is 4. The van der Waals surface area contributed by atoms with E-state index in [0.29, 0.717) is 16.7 Å². The van der Waals surface area contributed by atoms with Gasteiger partial charge in [0, 0.05) is 25.3 Å². The first-order valence-electron chi connectivity index (χ1n) is 9.55. The molecule has 0 fully saturated rings. The van der Waals surface area contributed by atoms with E-state index in [2.05, 4.69) is 15.5 Å². The topological polar surface area (TPSA) is 115 Å². The Kier molecular flexibility index (Phi) is 6.09. The molecule has 2 atom stereocenters. The summed E-state index contributed by atoms with van der Waals surface area (Å²) in [6.07, 6.45) is 4.36. The molecule has 0 aliphatic rings. The second kappa shape index (κ2) is 8.54. The Bertz CT molecular complexity index is 1000. The molecule has 0 spiro atoms. The number of pyridine rings is 1. The summed E-state index contributed by atoms with van der Waals surface area (Å²) in [5.41, 5.74) is 16.1. The van der Waals surface area contributed by atoms with Crippen molar-refractivity contribution in [3.05, 3.63) is 48.0 Å². The number of nitrogens with one attached hydrogen (secondary N) is 1. The number of fused-ring (bicyclic) bond motifs is 1. The van der Waals surface area contributed by atoms with Crippen LogP contribution in [0.15, 0.2) is 36.7 Å². The van der Waals surface area contributed by atoms with Gasteiger partial charge in [-0.2, -0.15) is 5.10 Å². The van der Waals surface area contributed by atoms with Crippen LogP contribution in [0, 0.1) is 5.82 Å². The summed E-state index contributed by atoms with van der Waals surface area (Å²) in [6, 6.07) is 6.40. The molecule has 0 aliphatic heterocycles. The van der Waals surface area contributed by atoms with E-state index in [0.717, 1.165) is 12.8 Å². The Hall–Kier alpha value is -3.04. The maximum atomic E-state index is 15.4. The molecule has 2 heterocycles. The number of hydrogen-bond acceptors (Lipinski definition) is 6. The first kappa shape index (κ1) is 20.7. The lowest BCUT2D eigenvalue weighted by molar-refractivity contribution is 0.1000. The zero-order valence-electron chi connectivity index (χ0n) is 16.8. The normalized spacial score (nSPS) is 13.4. The molecule has 0 radical (unpaired) electrons. The number of anilines is 2. The molecule has 0 aliphatic carbocycles. The van der Waals surface area contributed by atoms with Crippen LogP contribution in [0.1, 0.15) is 37.0 Å². The lowest BCUT2D eigenvalue weighted by Gasteiger charge is -2.32. The summed E-state index contributed by atoms with van der Waals surface area (Å²) in [5, 5.41) is 6.10. The fourth-order valence-electron chi connectivity index (χ4n) is 3.22. The highest BCUT2D eigenvalue weighted by molar-refractivity contribution is 5.92. The van der Waals surface area contributed by atoms with E-state index in [1.807, 2.05) is 13.8 Å². The monoisotopic (exact) mass is 399 g/mol. The number of carbonyl (C=O) groups is 1. The molecule has 0 saturated heterocycles. The maximum absolute atomic E-state index is 15.4. The zero-order valence-corrected chi connectivity index (χ0v) is 16.8. The summed E-state index contributed by atoms with van der Waals surface area (Å²) in [7, 11) is 1.76. The minimum atomic E-state index is -0.578. The number of nitrogens with two attached hydrogens (primary N) is 2. The van der Waals surface area contributed by atoms with Crippen LogP contribution in [0.4, 0.5) is 15.9 Å². The van der Waals surface area contributed by atoms with Crippen LogP contribution in [-0.4, -0.2) is 32.8 Å². The van der Waals surface area contributed by atoms with Crippen molar-refractivity contribution in [2.75, 3.05) is 5.01 Å². The van der Waals surface area contributed by atoms with Gasteiger partial charge in [0.05, 0.1) is 28.4 Å². The van der Waals surface area contributed by atoms with Gasteiger partial charge in [0.2, 0.25) is 5.91 Å². The molecular weight excluding hydrogens is 373 g/mol. The fourth-order valence-corrected chi connectivity index (χ4v) is 3.22. The summed E-state index contributed by atoms with van der Waals surface area (Å²) in [4.78, 5) is 15.7. The third kappa shape index (κ3) is 4.06. The van der Waals surface area contributed by atoms with Crippen LogP contribution in [0.3, 0.4) is 0 Å². The number of carbonyl (C=O) groups excluding carboxylic acids is 1. The molecular formula is C20H26FN7O. The number of hydrazine groups is 1. The standard InChI is InChI=1S/C20H26FN7O/c1-4-14(22)15(5-2)26-28(18-9-6-12(10-24-18)20(23)29)17-8-7-16-13(19(17)21)11-25-27(16)3/h6-11,14-15,26H,4-5,22H2,1-3H3,(H2,23,29)/t14-,15+/m0/s1. The van der Waals surface area contributed by atoms with E-state index in [9.17, 15) is 4.79 Å². The van der Waals surface area contributed by atoms with Crippen molar-refractivity contribution < 1.29 is 9.18 Å². The molecule has 0 bridgehead atoms. The van der Waals surface area contributed by atoms with Gasteiger partial charge in [-0.25, -0.2) is 14.8 Å². The van der Waals surface area contributed by atoms with Gasteiger partial charge in [0.25, 0.3) is 0 Å². The molecule has 9 heteroatoms. The van der Waals surface area contributed by atoms with Crippen LogP contribution in [0.25, 0.3) is 10.9 Å². The molecule has 8 nitrogen and oxygen atoms in total.